The van der Waals surface area contributed by atoms with Crippen LogP contribution < -0.4 is 78.4 Å². The number of benzene rings is 16. The third-order valence-corrected chi connectivity index (χ3v) is 30.7. The summed E-state index contributed by atoms with van der Waals surface area (Å²) >= 11 is 0. The maximum Gasteiger partial charge on any atom is 0.252 e. The summed E-state index contributed by atoms with van der Waals surface area (Å²) in [5.74, 6) is 1.72. The lowest BCUT2D eigenvalue weighted by molar-refractivity contribution is 0.481. The van der Waals surface area contributed by atoms with Gasteiger partial charge in [0.05, 0.1) is 11.4 Å². The Morgan fingerprint density at radius 2 is 0.416 bits per heavy atom. The van der Waals surface area contributed by atoms with Gasteiger partial charge in [-0.3, -0.25) is 0 Å². The molecule has 6 nitrogen and oxygen atoms in total. The lowest BCUT2D eigenvalue weighted by Gasteiger charge is -2.53. The molecule has 16 aromatic carbocycles. The molecule has 7 aliphatic heterocycles. The molecule has 23 rings (SSSR count). The van der Waals surface area contributed by atoms with Gasteiger partial charge in [0.25, 0.3) is 20.1 Å². The van der Waals surface area contributed by atoms with Gasteiger partial charge in [0.2, 0.25) is 0 Å². The molecule has 7 aliphatic rings. The minimum atomic E-state index is -0.385. The SMILES string of the molecule is CC(C)(C)c1cc(N2c3cc(-c4ccccc4)ccc3B3c4cc5c(cc4N(c4cc(C(C)(C)C)cc(C(C)(C)C)c4)c4cc(-c6ccccc6)cc2c43)N(c2cc(C(C)(C)C)cc(C(C)(C)C)c2)c2cc3c4c6c2B5c2ccc(-c5ccccc5)c5c2N6c2c(ccc(-c6ccccc6)c2O5)B4c2ccc(-c4ccccc4)cc2N3c2cc(C(C)(C)C)cc(C(C)(C)C)c2)cc(C(C)(C)C)c1. The fraction of sp³-hybridized carbons (Fsp3) is 0.250. The van der Waals surface area contributed by atoms with E-state index >= 15 is 0 Å². The first-order valence-corrected chi connectivity index (χ1v) is 49.8. The summed E-state index contributed by atoms with van der Waals surface area (Å²) in [6, 6.07) is 124. The molecule has 9 heteroatoms. The summed E-state index contributed by atoms with van der Waals surface area (Å²) in [5, 5.41) is 0. The molecule has 0 atom stereocenters. The van der Waals surface area contributed by atoms with E-state index in [1.807, 2.05) is 0 Å². The second-order valence-electron chi connectivity index (χ2n) is 48.3. The molecule has 0 N–H and O–H groups in total. The Balaban J connectivity index is 0.927. The van der Waals surface area contributed by atoms with Crippen molar-refractivity contribution in [2.45, 2.75) is 209 Å². The highest BCUT2D eigenvalue weighted by Crippen LogP contribution is 2.62. The molecule has 0 unspecified atom stereocenters. The van der Waals surface area contributed by atoms with Crippen LogP contribution in [0.15, 0.2) is 315 Å². The van der Waals surface area contributed by atoms with Crippen LogP contribution in [0.3, 0.4) is 0 Å². The number of rotatable bonds is 9. The largest absolute Gasteiger partial charge is 0.452 e. The van der Waals surface area contributed by atoms with Gasteiger partial charge in [-0.15, -0.1) is 0 Å². The average molecular weight is 1780 g/mol. The third kappa shape index (κ3) is 14.2. The highest BCUT2D eigenvalue weighted by Gasteiger charge is 2.57. The van der Waals surface area contributed by atoms with Crippen LogP contribution in [0.4, 0.5) is 85.3 Å². The van der Waals surface area contributed by atoms with E-state index in [9.17, 15) is 0 Å². The summed E-state index contributed by atoms with van der Waals surface area (Å²) < 4.78 is 8.38. The topological polar surface area (TPSA) is 25.4 Å². The van der Waals surface area contributed by atoms with E-state index in [0.29, 0.717) is 0 Å². The number of fused-ring (bicyclic) bond motifs is 10. The van der Waals surface area contributed by atoms with Crippen LogP contribution >= 0.6 is 0 Å². The van der Waals surface area contributed by atoms with E-state index in [1.54, 1.807) is 0 Å². The van der Waals surface area contributed by atoms with Gasteiger partial charge in [-0.25, -0.2) is 0 Å². The smallest absolute Gasteiger partial charge is 0.252 e. The number of anilines is 15. The first kappa shape index (κ1) is 87.6. The van der Waals surface area contributed by atoms with Gasteiger partial charge in [-0.05, 0) is 266 Å². The van der Waals surface area contributed by atoms with Gasteiger partial charge in [0.15, 0.2) is 11.5 Å². The molecule has 0 saturated heterocycles. The van der Waals surface area contributed by atoms with Crippen LogP contribution in [-0.2, 0) is 43.3 Å². The number of ether oxygens (including phenoxy) is 1. The molecule has 0 spiro atoms. The fourth-order valence-electron chi connectivity index (χ4n) is 22.9. The highest BCUT2D eigenvalue weighted by atomic mass is 16.5. The zero-order valence-electron chi connectivity index (χ0n) is 84.4. The molecule has 0 saturated carbocycles. The van der Waals surface area contributed by atoms with Crippen molar-refractivity contribution in [2.75, 3.05) is 24.5 Å². The lowest BCUT2D eigenvalue weighted by atomic mass is 9.27. The Hall–Kier alpha value is -13.5. The molecule has 137 heavy (non-hydrogen) atoms. The highest BCUT2D eigenvalue weighted by molar-refractivity contribution is 7.06. The molecule has 0 radical (unpaired) electrons. The van der Waals surface area contributed by atoms with Crippen molar-refractivity contribution in [3.05, 3.63) is 360 Å². The Labute approximate surface area is 814 Å². The van der Waals surface area contributed by atoms with Crippen LogP contribution in [0, 0.1) is 0 Å². The van der Waals surface area contributed by atoms with Crippen LogP contribution in [0.25, 0.3) is 55.6 Å². The van der Waals surface area contributed by atoms with Gasteiger partial charge in [-0.1, -0.05) is 397 Å². The fourth-order valence-corrected chi connectivity index (χ4v) is 22.9. The van der Waals surface area contributed by atoms with Crippen LogP contribution in [0.5, 0.6) is 11.5 Å². The summed E-state index contributed by atoms with van der Waals surface area (Å²) in [5.41, 5.74) is 48.1. The van der Waals surface area contributed by atoms with Crippen LogP contribution in [0.1, 0.15) is 211 Å². The molecule has 0 aliphatic carbocycles. The quantitative estimate of drug-likeness (QED) is 0.134. The van der Waals surface area contributed by atoms with E-state index < -0.39 is 0 Å². The molecule has 0 fully saturated rings. The normalized spacial score (nSPS) is 14.4. The van der Waals surface area contributed by atoms with Gasteiger partial charge in [0.1, 0.15) is 0 Å². The third-order valence-electron chi connectivity index (χ3n) is 30.7. The van der Waals surface area contributed by atoms with Crippen LogP contribution in [0.2, 0.25) is 0 Å². The van der Waals surface area contributed by atoms with Gasteiger partial charge >= 0.3 is 0 Å². The number of hydrogen-bond acceptors (Lipinski definition) is 6. The molecular formula is C128H124B3N5O. The summed E-state index contributed by atoms with van der Waals surface area (Å²) in [6.07, 6.45) is 0. The van der Waals surface area contributed by atoms with Crippen molar-refractivity contribution in [1.29, 1.82) is 0 Å². The van der Waals surface area contributed by atoms with Crippen molar-refractivity contribution < 1.29 is 4.74 Å². The monoisotopic (exact) mass is 1780 g/mol. The first-order valence-electron chi connectivity index (χ1n) is 49.8. The zero-order valence-corrected chi connectivity index (χ0v) is 84.4. The van der Waals surface area contributed by atoms with E-state index in [-0.39, 0.29) is 63.5 Å². The Morgan fingerprint density at radius 1 is 0.175 bits per heavy atom. The van der Waals surface area contributed by atoms with Gasteiger partial charge in [0, 0.05) is 85.1 Å². The summed E-state index contributed by atoms with van der Waals surface area (Å²) in [7, 11) is 0. The van der Waals surface area contributed by atoms with Crippen molar-refractivity contribution >= 4 is 155 Å². The molecule has 16 aromatic rings. The van der Waals surface area contributed by atoms with E-state index in [4.69, 9.17) is 4.74 Å². The first-order chi connectivity index (χ1) is 65.0. The van der Waals surface area contributed by atoms with Crippen molar-refractivity contribution in [1.82, 2.24) is 0 Å². The maximum atomic E-state index is 8.38. The minimum absolute atomic E-state index is 0.190. The van der Waals surface area contributed by atoms with E-state index in [1.165, 1.54) is 122 Å². The number of nitrogens with zero attached hydrogens (tertiary/aromatic N) is 5. The molecule has 0 amide bonds. The molecule has 676 valence electrons. The second-order valence-corrected chi connectivity index (χ2v) is 48.3. The Bertz CT molecular complexity index is 7580. The Kier molecular flexibility index (Phi) is 19.5. The summed E-state index contributed by atoms with van der Waals surface area (Å²) in [6.45, 7) is 56.6. The van der Waals surface area contributed by atoms with Gasteiger partial charge in [-0.2, -0.15) is 0 Å². The zero-order chi connectivity index (χ0) is 95.5. The van der Waals surface area contributed by atoms with E-state index in [2.05, 4.69) is 506 Å². The standard InChI is InChI=1S/C128H124B3N5O/c1-121(2,3)85-62-86(122(4,5)6)67-93(66-85)132-106-59-83(78-42-32-26-33-43-78)51-55-100(106)130-103-74-104-108(75-107(103)134(95-70-89(125(13,14)15)64-90(71-95)126(16,17)18)110-61-84(60-109(132)113(110)130)79-44-34-27-35-45-79)135(96-72-91(127(19,20)21)65-92(73-96)128(22,23)24)112-76-111-114-118-115(112)131(104)102-57-53-98(81-48-38-29-39-49-81)120-117(102)136(118)116-101(56-52-97(119(116)137-120)80-46-36-28-37-47-80)129(114)99-54-50-82(77-40-30-25-31-41-77)58-105(99)133(111)94-68-87(123(7,8)9)63-88(69-94)124(10,11)12/h25-76H,1-24H3. The molecular weight excluding hydrogens is 1660 g/mol. The maximum absolute atomic E-state index is 8.38. The second kappa shape index (κ2) is 30.5. The predicted molar refractivity (Wildman–Crippen MR) is 591 cm³/mol. The molecule has 7 heterocycles. The van der Waals surface area contributed by atoms with Crippen LogP contribution in [-0.4, -0.2) is 20.1 Å². The average Bonchev–Trinajstić information content (AvgIpc) is 0.652. The lowest BCUT2D eigenvalue weighted by Crippen LogP contribution is -2.69. The molecule has 0 aromatic heterocycles. The van der Waals surface area contributed by atoms with Crippen molar-refractivity contribution in [3.63, 3.8) is 0 Å². The summed E-state index contributed by atoms with van der Waals surface area (Å²) in [4.78, 5) is 13.8. The molecule has 0 bridgehead atoms. The minimum Gasteiger partial charge on any atom is -0.452 e. The predicted octanol–water partition coefficient (Wildman–Crippen LogP) is 29.3. The van der Waals surface area contributed by atoms with Gasteiger partial charge < -0.3 is 29.2 Å². The Morgan fingerprint density at radius 3 is 0.715 bits per heavy atom. The van der Waals surface area contributed by atoms with E-state index in [0.717, 1.165) is 124 Å². The van der Waals surface area contributed by atoms with Crippen molar-refractivity contribution in [3.8, 4) is 67.1 Å². The van der Waals surface area contributed by atoms with Crippen molar-refractivity contribution in [2.24, 2.45) is 0 Å². The number of hydrogen-bond donors (Lipinski definition) is 0.